The van der Waals surface area contributed by atoms with Gasteiger partial charge in [0.2, 0.25) is 0 Å². The number of nitrogens with zero attached hydrogens (tertiary/aromatic N) is 2. The van der Waals surface area contributed by atoms with E-state index in [1.54, 1.807) is 23.0 Å². The largest absolute Gasteiger partial charge is 0.496 e. The van der Waals surface area contributed by atoms with Crippen LogP contribution in [0.15, 0.2) is 29.1 Å². The van der Waals surface area contributed by atoms with Crippen LogP contribution in [0.2, 0.25) is 0 Å². The van der Waals surface area contributed by atoms with Gasteiger partial charge in [0.1, 0.15) is 16.4 Å². The van der Waals surface area contributed by atoms with Gasteiger partial charge in [0.25, 0.3) is 5.56 Å². The van der Waals surface area contributed by atoms with Crippen molar-refractivity contribution in [1.29, 1.82) is 0 Å². The van der Waals surface area contributed by atoms with E-state index in [0.29, 0.717) is 17.6 Å². The van der Waals surface area contributed by atoms with Gasteiger partial charge in [0.15, 0.2) is 0 Å². The van der Waals surface area contributed by atoms with E-state index in [4.69, 9.17) is 16.1 Å². The molecule has 0 bridgehead atoms. The number of thiophene rings is 1. The van der Waals surface area contributed by atoms with Crippen molar-refractivity contribution in [2.24, 2.45) is 0 Å². The van der Waals surface area contributed by atoms with E-state index in [-0.39, 0.29) is 12.1 Å². The minimum absolute atomic E-state index is 0.0651. The second-order valence-electron chi connectivity index (χ2n) is 5.58. The summed E-state index contributed by atoms with van der Waals surface area (Å²) in [6, 6.07) is 7.73. The normalized spacial score (nSPS) is 10.8. The van der Waals surface area contributed by atoms with Crippen molar-refractivity contribution in [1.82, 2.24) is 9.55 Å². The average Bonchev–Trinajstić information content (AvgIpc) is 2.86. The third-order valence-electron chi connectivity index (χ3n) is 4.16. The number of benzene rings is 1. The molecule has 122 valence electrons. The molecule has 0 unspecified atom stereocenters. The first-order chi connectivity index (χ1) is 11.6. The Morgan fingerprint density at radius 3 is 2.79 bits per heavy atom. The summed E-state index contributed by atoms with van der Waals surface area (Å²) in [5.41, 5.74) is 1.90. The van der Waals surface area contributed by atoms with Gasteiger partial charge in [-0.15, -0.1) is 17.8 Å². The summed E-state index contributed by atoms with van der Waals surface area (Å²) in [5.74, 6) is 4.00. The fourth-order valence-electron chi connectivity index (χ4n) is 2.78. The lowest BCUT2D eigenvalue weighted by Crippen LogP contribution is -2.25. The highest BCUT2D eigenvalue weighted by Gasteiger charge is 2.17. The third-order valence-corrected chi connectivity index (χ3v) is 5.26. The Balaban J connectivity index is 2.22. The zero-order valence-electron chi connectivity index (χ0n) is 13.9. The molecule has 0 amide bonds. The Kier molecular flexibility index (Phi) is 4.41. The standard InChI is InChI=1S/C19H18N2O2S/c1-5-10-21-16(11-14-8-6-7-9-15(14)23-4)20-18-17(19(21)22)12(2)13(3)24-18/h1,6-9H,10-11H2,2-4H3. The number of hydrogen-bond donors (Lipinski definition) is 0. The van der Waals surface area contributed by atoms with Crippen LogP contribution in [-0.4, -0.2) is 16.7 Å². The molecule has 0 aliphatic carbocycles. The van der Waals surface area contributed by atoms with Crippen molar-refractivity contribution in [3.8, 4) is 18.1 Å². The monoisotopic (exact) mass is 338 g/mol. The SMILES string of the molecule is C#CCn1c(Cc2ccccc2OC)nc2sc(C)c(C)c2c1=O. The molecule has 5 heteroatoms. The summed E-state index contributed by atoms with van der Waals surface area (Å²) >= 11 is 1.55. The Hall–Kier alpha value is -2.58. The number of para-hydroxylation sites is 1. The highest BCUT2D eigenvalue weighted by molar-refractivity contribution is 7.18. The zero-order chi connectivity index (χ0) is 17.3. The predicted molar refractivity (Wildman–Crippen MR) is 98.0 cm³/mol. The van der Waals surface area contributed by atoms with Crippen LogP contribution in [0.3, 0.4) is 0 Å². The molecule has 0 fully saturated rings. The van der Waals surface area contributed by atoms with Crippen molar-refractivity contribution in [3.63, 3.8) is 0 Å². The molecule has 0 radical (unpaired) electrons. The molecular formula is C19H18N2O2S. The Morgan fingerprint density at radius 1 is 1.33 bits per heavy atom. The van der Waals surface area contributed by atoms with E-state index in [1.807, 2.05) is 38.1 Å². The van der Waals surface area contributed by atoms with E-state index in [2.05, 4.69) is 5.92 Å². The Bertz CT molecular complexity index is 1010. The maximum atomic E-state index is 12.9. The molecular weight excluding hydrogens is 320 g/mol. The molecule has 0 aliphatic rings. The van der Waals surface area contributed by atoms with Gasteiger partial charge in [-0.2, -0.15) is 0 Å². The van der Waals surface area contributed by atoms with Gasteiger partial charge < -0.3 is 4.74 Å². The van der Waals surface area contributed by atoms with Gasteiger partial charge in [-0.3, -0.25) is 9.36 Å². The van der Waals surface area contributed by atoms with Crippen LogP contribution in [0.5, 0.6) is 5.75 Å². The van der Waals surface area contributed by atoms with Crippen molar-refractivity contribution >= 4 is 21.6 Å². The van der Waals surface area contributed by atoms with Crippen LogP contribution >= 0.6 is 11.3 Å². The number of hydrogen-bond acceptors (Lipinski definition) is 4. The van der Waals surface area contributed by atoms with Crippen LogP contribution in [0, 0.1) is 26.2 Å². The molecule has 0 aliphatic heterocycles. The van der Waals surface area contributed by atoms with Gasteiger partial charge in [0, 0.05) is 16.9 Å². The molecule has 0 spiro atoms. The molecule has 0 N–H and O–H groups in total. The lowest BCUT2D eigenvalue weighted by molar-refractivity contribution is 0.410. The summed E-state index contributed by atoms with van der Waals surface area (Å²) in [4.78, 5) is 19.5. The maximum Gasteiger partial charge on any atom is 0.263 e. The van der Waals surface area contributed by atoms with E-state index in [1.165, 1.54) is 0 Å². The minimum atomic E-state index is -0.0651. The highest BCUT2D eigenvalue weighted by Crippen LogP contribution is 2.27. The fraction of sp³-hybridized carbons (Fsp3) is 0.263. The van der Waals surface area contributed by atoms with Gasteiger partial charge in [-0.1, -0.05) is 24.1 Å². The predicted octanol–water partition coefficient (Wildman–Crippen LogP) is 3.31. The average molecular weight is 338 g/mol. The first-order valence-corrected chi connectivity index (χ1v) is 8.43. The van der Waals surface area contributed by atoms with E-state index in [9.17, 15) is 4.79 Å². The highest BCUT2D eigenvalue weighted by atomic mass is 32.1. The second kappa shape index (κ2) is 6.50. The first kappa shape index (κ1) is 16.3. The summed E-state index contributed by atoms with van der Waals surface area (Å²) in [6.07, 6.45) is 5.97. The lowest BCUT2D eigenvalue weighted by atomic mass is 10.1. The number of rotatable bonds is 4. The zero-order valence-corrected chi connectivity index (χ0v) is 14.7. The summed E-state index contributed by atoms with van der Waals surface area (Å²) in [7, 11) is 1.63. The lowest BCUT2D eigenvalue weighted by Gasteiger charge is -2.12. The molecule has 3 aromatic rings. The van der Waals surface area contributed by atoms with Crippen LogP contribution in [0.25, 0.3) is 10.2 Å². The van der Waals surface area contributed by atoms with Gasteiger partial charge in [-0.05, 0) is 25.5 Å². The Morgan fingerprint density at radius 2 is 2.08 bits per heavy atom. The summed E-state index contributed by atoms with van der Waals surface area (Å²) in [5, 5.41) is 0.677. The smallest absolute Gasteiger partial charge is 0.263 e. The summed E-state index contributed by atoms with van der Waals surface area (Å²) in [6.45, 7) is 4.17. The molecule has 0 saturated carbocycles. The van der Waals surface area contributed by atoms with Crippen molar-refractivity contribution in [2.45, 2.75) is 26.8 Å². The van der Waals surface area contributed by atoms with Gasteiger partial charge in [-0.25, -0.2) is 4.98 Å². The van der Waals surface area contributed by atoms with Crippen molar-refractivity contribution in [3.05, 3.63) is 56.4 Å². The van der Waals surface area contributed by atoms with Gasteiger partial charge in [0.05, 0.1) is 19.0 Å². The van der Waals surface area contributed by atoms with Crippen LogP contribution in [-0.2, 0) is 13.0 Å². The van der Waals surface area contributed by atoms with Crippen molar-refractivity contribution < 1.29 is 4.74 Å². The minimum Gasteiger partial charge on any atom is -0.496 e. The molecule has 2 heterocycles. The number of aryl methyl sites for hydroxylation is 2. The van der Waals surface area contributed by atoms with Crippen molar-refractivity contribution in [2.75, 3.05) is 7.11 Å². The number of ether oxygens (including phenoxy) is 1. The quantitative estimate of drug-likeness (QED) is 0.686. The molecule has 24 heavy (non-hydrogen) atoms. The first-order valence-electron chi connectivity index (χ1n) is 7.61. The molecule has 2 aromatic heterocycles. The number of terminal acetylenes is 1. The molecule has 0 saturated heterocycles. The number of methoxy groups -OCH3 is 1. The van der Waals surface area contributed by atoms with E-state index < -0.39 is 0 Å². The molecule has 1 aromatic carbocycles. The second-order valence-corrected chi connectivity index (χ2v) is 6.78. The topological polar surface area (TPSA) is 44.1 Å². The third kappa shape index (κ3) is 2.70. The van der Waals surface area contributed by atoms with Crippen LogP contribution in [0.4, 0.5) is 0 Å². The maximum absolute atomic E-state index is 12.9. The van der Waals surface area contributed by atoms with E-state index in [0.717, 1.165) is 26.6 Å². The fourth-order valence-corrected chi connectivity index (χ4v) is 3.82. The number of fused-ring (bicyclic) bond motifs is 1. The molecule has 4 nitrogen and oxygen atoms in total. The number of aromatic nitrogens is 2. The van der Waals surface area contributed by atoms with Gasteiger partial charge >= 0.3 is 0 Å². The van der Waals surface area contributed by atoms with Crippen LogP contribution in [0.1, 0.15) is 21.8 Å². The van der Waals surface area contributed by atoms with E-state index >= 15 is 0 Å². The summed E-state index contributed by atoms with van der Waals surface area (Å²) < 4.78 is 7.00. The molecule has 0 atom stereocenters. The Labute approximate surface area is 144 Å². The molecule has 3 rings (SSSR count). The van der Waals surface area contributed by atoms with Crippen LogP contribution < -0.4 is 10.3 Å².